The molecule has 0 saturated carbocycles. The Balaban J connectivity index is 1.94. The van der Waals surface area contributed by atoms with Crippen molar-refractivity contribution in [2.45, 2.75) is 6.42 Å². The highest BCUT2D eigenvalue weighted by atomic mass is 16.6. The summed E-state index contributed by atoms with van der Waals surface area (Å²) in [5, 5.41) is 0. The molecule has 2 aromatic rings. The Morgan fingerprint density at radius 2 is 1.74 bits per heavy atom. The second kappa shape index (κ2) is 8.70. The van der Waals surface area contributed by atoms with Gasteiger partial charge in [-0.3, -0.25) is 4.79 Å². The van der Waals surface area contributed by atoms with E-state index in [4.69, 9.17) is 14.2 Å². The Labute approximate surface area is 134 Å². The molecule has 2 aromatic carbocycles. The zero-order valence-electron chi connectivity index (χ0n) is 12.9. The first-order valence-corrected chi connectivity index (χ1v) is 7.20. The fourth-order valence-electron chi connectivity index (χ4n) is 1.92. The van der Waals surface area contributed by atoms with Crippen molar-refractivity contribution in [3.05, 3.63) is 65.7 Å². The van der Waals surface area contributed by atoms with Crippen LogP contribution in [0.5, 0.6) is 5.75 Å². The maximum Gasteiger partial charge on any atom is 0.338 e. The lowest BCUT2D eigenvalue weighted by molar-refractivity contribution is -0.133. The van der Waals surface area contributed by atoms with Crippen molar-refractivity contribution in [3.8, 4) is 5.75 Å². The van der Waals surface area contributed by atoms with Gasteiger partial charge in [-0.2, -0.15) is 0 Å². The summed E-state index contributed by atoms with van der Waals surface area (Å²) in [7, 11) is 1.53. The fourth-order valence-corrected chi connectivity index (χ4v) is 1.92. The molecule has 0 spiro atoms. The average Bonchev–Trinajstić information content (AvgIpc) is 2.56. The molecule has 0 amide bonds. The lowest BCUT2D eigenvalue weighted by Gasteiger charge is -2.07. The van der Waals surface area contributed by atoms with Crippen LogP contribution < -0.4 is 4.74 Å². The lowest BCUT2D eigenvalue weighted by atomic mass is 10.1. The number of ether oxygens (including phenoxy) is 3. The summed E-state index contributed by atoms with van der Waals surface area (Å²) in [6.07, 6.45) is 0.170. The summed E-state index contributed by atoms with van der Waals surface area (Å²) < 4.78 is 15.1. The zero-order chi connectivity index (χ0) is 16.5. The first kappa shape index (κ1) is 16.7. The Morgan fingerprint density at radius 1 is 0.957 bits per heavy atom. The molecule has 5 heteroatoms. The van der Waals surface area contributed by atoms with Crippen LogP contribution in [0.3, 0.4) is 0 Å². The van der Waals surface area contributed by atoms with Crippen LogP contribution in [-0.4, -0.2) is 32.3 Å². The van der Waals surface area contributed by atoms with E-state index in [1.807, 2.05) is 30.3 Å². The first-order chi connectivity index (χ1) is 11.2. The number of benzene rings is 2. The van der Waals surface area contributed by atoms with Crippen LogP contribution in [0.1, 0.15) is 15.9 Å². The number of methoxy groups -OCH3 is 1. The van der Waals surface area contributed by atoms with Gasteiger partial charge in [-0.15, -0.1) is 0 Å². The van der Waals surface area contributed by atoms with Crippen LogP contribution in [-0.2, 0) is 20.7 Å². The molecule has 0 bridgehead atoms. The average molecular weight is 314 g/mol. The van der Waals surface area contributed by atoms with E-state index < -0.39 is 5.97 Å². The molecule has 0 unspecified atom stereocenters. The van der Waals surface area contributed by atoms with E-state index in [2.05, 4.69) is 0 Å². The van der Waals surface area contributed by atoms with Crippen LogP contribution in [0.4, 0.5) is 0 Å². The molecule has 23 heavy (non-hydrogen) atoms. The highest BCUT2D eigenvalue weighted by Gasteiger charge is 2.11. The summed E-state index contributed by atoms with van der Waals surface area (Å²) in [6, 6.07) is 15.6. The van der Waals surface area contributed by atoms with E-state index >= 15 is 0 Å². The summed E-state index contributed by atoms with van der Waals surface area (Å²) in [5.41, 5.74) is 1.19. The number of rotatable bonds is 7. The molecular formula is C18H18O5. The largest absolute Gasteiger partial charge is 0.460 e. The van der Waals surface area contributed by atoms with Crippen LogP contribution in [0, 0.1) is 0 Å². The van der Waals surface area contributed by atoms with Crippen LogP contribution in [0.2, 0.25) is 0 Å². The molecule has 0 aliphatic rings. The molecule has 0 heterocycles. The SMILES string of the molecule is COCCOC(=O)c1cccc(OC(=O)Cc2ccccc2)c1. The van der Waals surface area contributed by atoms with E-state index in [9.17, 15) is 9.59 Å². The van der Waals surface area contributed by atoms with Crippen LogP contribution in [0.15, 0.2) is 54.6 Å². The normalized spacial score (nSPS) is 10.1. The van der Waals surface area contributed by atoms with Crippen LogP contribution >= 0.6 is 0 Å². The summed E-state index contributed by atoms with van der Waals surface area (Å²) in [5.74, 6) is -0.559. The summed E-state index contributed by atoms with van der Waals surface area (Å²) >= 11 is 0. The Morgan fingerprint density at radius 3 is 2.48 bits per heavy atom. The lowest BCUT2D eigenvalue weighted by Crippen LogP contribution is -2.12. The van der Waals surface area contributed by atoms with Gasteiger partial charge in [0.05, 0.1) is 18.6 Å². The van der Waals surface area contributed by atoms with Gasteiger partial charge < -0.3 is 14.2 Å². The van der Waals surface area contributed by atoms with Gasteiger partial charge >= 0.3 is 11.9 Å². The topological polar surface area (TPSA) is 61.8 Å². The van der Waals surface area contributed by atoms with Crippen LogP contribution in [0.25, 0.3) is 0 Å². The van der Waals surface area contributed by atoms with E-state index in [-0.39, 0.29) is 19.0 Å². The Bertz CT molecular complexity index is 651. The molecule has 0 saturated heterocycles. The highest BCUT2D eigenvalue weighted by Crippen LogP contribution is 2.15. The Kier molecular flexibility index (Phi) is 6.32. The quantitative estimate of drug-likeness (QED) is 0.447. The first-order valence-electron chi connectivity index (χ1n) is 7.20. The fraction of sp³-hybridized carbons (Fsp3) is 0.222. The molecule has 2 rings (SSSR count). The molecule has 0 aromatic heterocycles. The molecule has 0 fully saturated rings. The highest BCUT2D eigenvalue weighted by molar-refractivity contribution is 5.90. The molecule has 0 atom stereocenters. The number of carbonyl (C=O) groups excluding carboxylic acids is 2. The molecule has 0 radical (unpaired) electrons. The van der Waals surface area contributed by atoms with Gasteiger partial charge in [0.1, 0.15) is 12.4 Å². The summed E-state index contributed by atoms with van der Waals surface area (Å²) in [6.45, 7) is 0.505. The van der Waals surface area contributed by atoms with E-state index in [1.165, 1.54) is 13.2 Å². The van der Waals surface area contributed by atoms with Crippen molar-refractivity contribution in [1.82, 2.24) is 0 Å². The van der Waals surface area contributed by atoms with E-state index in [0.717, 1.165) is 5.56 Å². The monoisotopic (exact) mass is 314 g/mol. The van der Waals surface area contributed by atoms with Crippen molar-refractivity contribution in [1.29, 1.82) is 0 Å². The molecule has 5 nitrogen and oxygen atoms in total. The third kappa shape index (κ3) is 5.56. The van der Waals surface area contributed by atoms with Crippen molar-refractivity contribution in [2.75, 3.05) is 20.3 Å². The molecular weight excluding hydrogens is 296 g/mol. The van der Waals surface area contributed by atoms with Crippen molar-refractivity contribution in [3.63, 3.8) is 0 Å². The van der Waals surface area contributed by atoms with Gasteiger partial charge in [0.25, 0.3) is 0 Å². The van der Waals surface area contributed by atoms with Crippen molar-refractivity contribution >= 4 is 11.9 Å². The second-order valence-electron chi connectivity index (χ2n) is 4.79. The van der Waals surface area contributed by atoms with Gasteiger partial charge in [-0.05, 0) is 23.8 Å². The van der Waals surface area contributed by atoms with Crippen molar-refractivity contribution in [2.24, 2.45) is 0 Å². The molecule has 120 valence electrons. The predicted molar refractivity (Wildman–Crippen MR) is 84.4 cm³/mol. The van der Waals surface area contributed by atoms with E-state index in [0.29, 0.717) is 17.9 Å². The van der Waals surface area contributed by atoms with Crippen molar-refractivity contribution < 1.29 is 23.8 Å². The summed E-state index contributed by atoms with van der Waals surface area (Å²) in [4.78, 5) is 23.7. The van der Waals surface area contributed by atoms with Gasteiger partial charge in [0.2, 0.25) is 0 Å². The van der Waals surface area contributed by atoms with E-state index in [1.54, 1.807) is 18.2 Å². The molecule has 0 aliphatic heterocycles. The minimum absolute atomic E-state index is 0.170. The molecule has 0 N–H and O–H groups in total. The zero-order valence-corrected chi connectivity index (χ0v) is 12.9. The number of esters is 2. The smallest absolute Gasteiger partial charge is 0.338 e. The number of carbonyl (C=O) groups is 2. The number of hydrogen-bond acceptors (Lipinski definition) is 5. The van der Waals surface area contributed by atoms with Gasteiger partial charge in [0.15, 0.2) is 0 Å². The Hall–Kier alpha value is -2.66. The minimum atomic E-state index is -0.483. The predicted octanol–water partition coefficient (Wildman–Crippen LogP) is 2.64. The maximum absolute atomic E-state index is 11.9. The number of hydrogen-bond donors (Lipinski definition) is 0. The van der Waals surface area contributed by atoms with Gasteiger partial charge in [-0.25, -0.2) is 4.79 Å². The molecule has 0 aliphatic carbocycles. The third-order valence-corrected chi connectivity index (χ3v) is 3.01. The standard InChI is InChI=1S/C18H18O5/c1-21-10-11-22-18(20)15-8-5-9-16(13-15)23-17(19)12-14-6-3-2-4-7-14/h2-9,13H,10-12H2,1H3. The third-order valence-electron chi connectivity index (χ3n) is 3.01. The minimum Gasteiger partial charge on any atom is -0.460 e. The van der Waals surface area contributed by atoms with Gasteiger partial charge in [-0.1, -0.05) is 36.4 Å². The van der Waals surface area contributed by atoms with Gasteiger partial charge in [0, 0.05) is 7.11 Å². The maximum atomic E-state index is 11.9. The second-order valence-corrected chi connectivity index (χ2v) is 4.79.